The van der Waals surface area contributed by atoms with E-state index >= 15 is 0 Å². The average molecular weight is 360 g/mol. The van der Waals surface area contributed by atoms with Crippen LogP contribution in [0.1, 0.15) is 0 Å². The van der Waals surface area contributed by atoms with Gasteiger partial charge in [0.2, 0.25) is 0 Å². The zero-order chi connectivity index (χ0) is 17.0. The first kappa shape index (κ1) is 16.3. The summed E-state index contributed by atoms with van der Waals surface area (Å²) >= 11 is 5.94. The van der Waals surface area contributed by atoms with Crippen molar-refractivity contribution in [2.45, 2.75) is 4.90 Å². The Bertz CT molecular complexity index is 930. The van der Waals surface area contributed by atoms with Crippen LogP contribution in [0.25, 0.3) is 0 Å². The fourth-order valence-electron chi connectivity index (χ4n) is 2.07. The molecule has 3 rings (SSSR count). The third-order valence-corrected chi connectivity index (χ3v) is 5.05. The molecule has 1 aromatic heterocycles. The van der Waals surface area contributed by atoms with Gasteiger partial charge in [0, 0.05) is 5.69 Å². The molecule has 0 fully saturated rings. The third kappa shape index (κ3) is 3.84. The quantitative estimate of drug-likeness (QED) is 0.713. The van der Waals surface area contributed by atoms with Crippen LogP contribution >= 0.6 is 11.6 Å². The molecule has 0 atom stereocenters. The van der Waals surface area contributed by atoms with E-state index in [0.29, 0.717) is 0 Å². The summed E-state index contributed by atoms with van der Waals surface area (Å²) in [5.41, 5.74) is 1.67. The molecular formula is C17H14ClN3O2S. The lowest BCUT2D eigenvalue weighted by molar-refractivity contribution is 0.601. The van der Waals surface area contributed by atoms with Gasteiger partial charge in [-0.15, -0.1) is 0 Å². The molecule has 0 aliphatic heterocycles. The fourth-order valence-corrected chi connectivity index (χ4v) is 3.60. The van der Waals surface area contributed by atoms with E-state index in [9.17, 15) is 8.42 Å². The van der Waals surface area contributed by atoms with Crippen molar-refractivity contribution < 1.29 is 8.42 Å². The SMILES string of the molecule is O=S(=O)(Nc1ccc(Nc2ccccc2)cn1)c1ccccc1Cl. The largest absolute Gasteiger partial charge is 0.354 e. The normalized spacial score (nSPS) is 11.0. The Morgan fingerprint density at radius 3 is 2.21 bits per heavy atom. The molecule has 0 unspecified atom stereocenters. The Morgan fingerprint density at radius 2 is 1.54 bits per heavy atom. The second-order valence-electron chi connectivity index (χ2n) is 4.96. The van der Waals surface area contributed by atoms with Gasteiger partial charge in [-0.1, -0.05) is 41.9 Å². The second kappa shape index (κ2) is 6.90. The van der Waals surface area contributed by atoms with Crippen molar-refractivity contribution in [1.29, 1.82) is 0 Å². The smallest absolute Gasteiger partial charge is 0.264 e. The van der Waals surface area contributed by atoms with Gasteiger partial charge in [-0.3, -0.25) is 4.72 Å². The van der Waals surface area contributed by atoms with E-state index in [1.165, 1.54) is 12.1 Å². The number of hydrogen-bond donors (Lipinski definition) is 2. The van der Waals surface area contributed by atoms with Crippen LogP contribution in [0.3, 0.4) is 0 Å². The maximum Gasteiger partial charge on any atom is 0.264 e. The van der Waals surface area contributed by atoms with Gasteiger partial charge < -0.3 is 5.32 Å². The third-order valence-electron chi connectivity index (χ3n) is 3.19. The van der Waals surface area contributed by atoms with Gasteiger partial charge in [0.05, 0.1) is 16.9 Å². The molecule has 0 spiro atoms. The minimum absolute atomic E-state index is 0.0138. The Hall–Kier alpha value is -2.57. The van der Waals surface area contributed by atoms with E-state index in [1.54, 1.807) is 30.5 Å². The molecule has 1 heterocycles. The lowest BCUT2D eigenvalue weighted by Crippen LogP contribution is -2.14. The first-order chi connectivity index (χ1) is 11.5. The van der Waals surface area contributed by atoms with Crippen LogP contribution in [0.2, 0.25) is 5.02 Å². The van der Waals surface area contributed by atoms with E-state index in [-0.39, 0.29) is 15.7 Å². The minimum atomic E-state index is -3.78. The summed E-state index contributed by atoms with van der Waals surface area (Å²) in [6, 6.07) is 19.2. The summed E-state index contributed by atoms with van der Waals surface area (Å²) in [5.74, 6) is 0.216. The molecule has 7 heteroatoms. The predicted molar refractivity (Wildman–Crippen MR) is 96.2 cm³/mol. The number of pyridine rings is 1. The summed E-state index contributed by atoms with van der Waals surface area (Å²) in [6.45, 7) is 0. The maximum absolute atomic E-state index is 12.3. The van der Waals surface area contributed by atoms with Crippen molar-refractivity contribution in [2.75, 3.05) is 10.0 Å². The molecular weight excluding hydrogens is 346 g/mol. The zero-order valence-corrected chi connectivity index (χ0v) is 14.1. The molecule has 0 radical (unpaired) electrons. The van der Waals surface area contributed by atoms with Crippen LogP contribution in [-0.2, 0) is 10.0 Å². The molecule has 0 saturated carbocycles. The topological polar surface area (TPSA) is 71.1 Å². The van der Waals surface area contributed by atoms with Crippen molar-refractivity contribution in [2.24, 2.45) is 0 Å². The van der Waals surface area contributed by atoms with Crippen LogP contribution in [0.4, 0.5) is 17.2 Å². The van der Waals surface area contributed by atoms with Gasteiger partial charge in [-0.25, -0.2) is 13.4 Å². The van der Waals surface area contributed by atoms with E-state index in [1.807, 2.05) is 30.3 Å². The van der Waals surface area contributed by atoms with Crippen LogP contribution in [0, 0.1) is 0 Å². The van der Waals surface area contributed by atoms with Crippen LogP contribution < -0.4 is 10.0 Å². The molecule has 0 aliphatic carbocycles. The fraction of sp³-hybridized carbons (Fsp3) is 0. The van der Waals surface area contributed by atoms with E-state index in [4.69, 9.17) is 11.6 Å². The number of hydrogen-bond acceptors (Lipinski definition) is 4. The van der Waals surface area contributed by atoms with Crippen molar-refractivity contribution in [3.05, 3.63) is 77.9 Å². The molecule has 0 aliphatic rings. The first-order valence-corrected chi connectivity index (χ1v) is 8.96. The number of benzene rings is 2. The molecule has 2 aromatic carbocycles. The van der Waals surface area contributed by atoms with E-state index in [0.717, 1.165) is 11.4 Å². The molecule has 5 nitrogen and oxygen atoms in total. The summed E-state index contributed by atoms with van der Waals surface area (Å²) in [5, 5.41) is 3.33. The molecule has 0 saturated heterocycles. The highest BCUT2D eigenvalue weighted by Gasteiger charge is 2.17. The van der Waals surface area contributed by atoms with Crippen molar-refractivity contribution in [3.63, 3.8) is 0 Å². The molecule has 2 N–H and O–H groups in total. The maximum atomic E-state index is 12.3. The number of anilines is 3. The minimum Gasteiger partial charge on any atom is -0.354 e. The Morgan fingerprint density at radius 1 is 0.833 bits per heavy atom. The van der Waals surface area contributed by atoms with Crippen molar-refractivity contribution in [3.8, 4) is 0 Å². The monoisotopic (exact) mass is 359 g/mol. The first-order valence-electron chi connectivity index (χ1n) is 7.10. The number of rotatable bonds is 5. The highest BCUT2D eigenvalue weighted by atomic mass is 35.5. The Kier molecular flexibility index (Phi) is 4.69. The van der Waals surface area contributed by atoms with E-state index < -0.39 is 10.0 Å². The Labute approximate surface area is 145 Å². The van der Waals surface area contributed by atoms with E-state index in [2.05, 4.69) is 15.0 Å². The summed E-state index contributed by atoms with van der Waals surface area (Å²) in [7, 11) is -3.78. The van der Waals surface area contributed by atoms with Crippen molar-refractivity contribution >= 4 is 38.8 Å². The average Bonchev–Trinajstić information content (AvgIpc) is 2.58. The lowest BCUT2D eigenvalue weighted by Gasteiger charge is -2.10. The van der Waals surface area contributed by atoms with Gasteiger partial charge in [-0.05, 0) is 36.4 Å². The lowest BCUT2D eigenvalue weighted by atomic mass is 10.3. The van der Waals surface area contributed by atoms with Gasteiger partial charge in [-0.2, -0.15) is 0 Å². The Balaban J connectivity index is 1.76. The number of sulfonamides is 1. The number of nitrogens with one attached hydrogen (secondary N) is 2. The number of aromatic nitrogens is 1. The van der Waals surface area contributed by atoms with Crippen LogP contribution in [-0.4, -0.2) is 13.4 Å². The standard InChI is InChI=1S/C17H14ClN3O2S/c18-15-8-4-5-9-16(15)24(22,23)21-17-11-10-14(12-19-17)20-13-6-2-1-3-7-13/h1-12,20H,(H,19,21). The van der Waals surface area contributed by atoms with Crippen LogP contribution in [0.5, 0.6) is 0 Å². The number of para-hydroxylation sites is 1. The summed E-state index contributed by atoms with van der Waals surface area (Å²) in [4.78, 5) is 4.13. The van der Waals surface area contributed by atoms with Gasteiger partial charge in [0.25, 0.3) is 10.0 Å². The molecule has 0 bridgehead atoms. The molecule has 24 heavy (non-hydrogen) atoms. The van der Waals surface area contributed by atoms with Gasteiger partial charge in [0.1, 0.15) is 10.7 Å². The molecule has 122 valence electrons. The predicted octanol–water partition coefficient (Wildman–Crippen LogP) is 4.28. The highest BCUT2D eigenvalue weighted by molar-refractivity contribution is 7.92. The molecule has 0 amide bonds. The molecule has 3 aromatic rings. The van der Waals surface area contributed by atoms with Gasteiger partial charge in [0.15, 0.2) is 0 Å². The highest BCUT2D eigenvalue weighted by Crippen LogP contribution is 2.23. The van der Waals surface area contributed by atoms with Gasteiger partial charge >= 0.3 is 0 Å². The van der Waals surface area contributed by atoms with Crippen LogP contribution in [0.15, 0.2) is 77.8 Å². The summed E-state index contributed by atoms with van der Waals surface area (Å²) in [6.07, 6.45) is 1.55. The summed E-state index contributed by atoms with van der Waals surface area (Å²) < 4.78 is 27.1. The zero-order valence-electron chi connectivity index (χ0n) is 12.5. The van der Waals surface area contributed by atoms with Crippen molar-refractivity contribution in [1.82, 2.24) is 4.98 Å². The second-order valence-corrected chi connectivity index (χ2v) is 7.02. The number of halogens is 1. The number of nitrogens with zero attached hydrogens (tertiary/aromatic N) is 1.